The summed E-state index contributed by atoms with van der Waals surface area (Å²) in [6.07, 6.45) is 0. The van der Waals surface area contributed by atoms with Gasteiger partial charge in [-0.05, 0) is 48.9 Å². The van der Waals surface area contributed by atoms with Crippen molar-refractivity contribution in [2.75, 3.05) is 0 Å². The monoisotopic (exact) mass is 445 g/mol. The van der Waals surface area contributed by atoms with Crippen molar-refractivity contribution in [3.63, 3.8) is 0 Å². The van der Waals surface area contributed by atoms with Gasteiger partial charge in [0.25, 0.3) is 5.91 Å². The molecule has 0 bridgehead atoms. The fraction of sp³-hybridized carbons (Fsp3) is 0.190. The number of thiazole rings is 1. The van der Waals surface area contributed by atoms with Gasteiger partial charge < -0.3 is 10.1 Å². The molecule has 1 fully saturated rings. The van der Waals surface area contributed by atoms with Gasteiger partial charge in [0.15, 0.2) is 0 Å². The molecular weight excluding hydrogens is 429 g/mol. The first-order chi connectivity index (χ1) is 14.3. The molecule has 2 heterocycles. The lowest BCUT2D eigenvalue weighted by molar-refractivity contribution is -0.131. The Morgan fingerprint density at radius 1 is 1.23 bits per heavy atom. The van der Waals surface area contributed by atoms with Crippen LogP contribution in [0.3, 0.4) is 0 Å². The average molecular weight is 446 g/mol. The number of urea groups is 1. The number of nitrogens with one attached hydrogen (secondary N) is 1. The number of hydrogen-bond acceptors (Lipinski definition) is 5. The molecule has 3 aromatic rings. The summed E-state index contributed by atoms with van der Waals surface area (Å²) in [5.41, 5.74) is 0.00561. The SMILES string of the molecule is CC1(c2cccc(Cl)c2)NC(=O)N(Cc2csc(COc3ccc(F)cc3)n2)C1=O. The number of ether oxygens (including phenoxy) is 1. The molecule has 1 atom stereocenters. The van der Waals surface area contributed by atoms with Crippen LogP contribution < -0.4 is 10.1 Å². The second-order valence-electron chi connectivity index (χ2n) is 6.93. The van der Waals surface area contributed by atoms with E-state index in [1.165, 1.54) is 35.6 Å². The maximum absolute atomic E-state index is 13.0. The minimum absolute atomic E-state index is 0.0495. The first kappa shape index (κ1) is 20.3. The van der Waals surface area contributed by atoms with E-state index in [0.717, 1.165) is 4.90 Å². The molecule has 0 saturated carbocycles. The number of aromatic nitrogens is 1. The van der Waals surface area contributed by atoms with E-state index >= 15 is 0 Å². The van der Waals surface area contributed by atoms with Crippen LogP contribution in [0.25, 0.3) is 0 Å². The van der Waals surface area contributed by atoms with E-state index in [4.69, 9.17) is 16.3 Å². The number of imide groups is 1. The van der Waals surface area contributed by atoms with E-state index in [2.05, 4.69) is 10.3 Å². The van der Waals surface area contributed by atoms with Crippen LogP contribution in [0.4, 0.5) is 9.18 Å². The highest BCUT2D eigenvalue weighted by Gasteiger charge is 2.49. The van der Waals surface area contributed by atoms with Crippen LogP contribution in [0.1, 0.15) is 23.2 Å². The van der Waals surface area contributed by atoms with Crippen molar-refractivity contribution >= 4 is 34.9 Å². The van der Waals surface area contributed by atoms with Crippen LogP contribution in [-0.4, -0.2) is 21.8 Å². The minimum Gasteiger partial charge on any atom is -0.486 e. The van der Waals surface area contributed by atoms with Crippen molar-refractivity contribution in [1.82, 2.24) is 15.2 Å². The van der Waals surface area contributed by atoms with Gasteiger partial charge in [-0.1, -0.05) is 23.7 Å². The average Bonchev–Trinajstić information content (AvgIpc) is 3.26. The Morgan fingerprint density at radius 2 is 2.00 bits per heavy atom. The first-order valence-corrected chi connectivity index (χ1v) is 10.3. The molecule has 6 nitrogen and oxygen atoms in total. The molecule has 4 rings (SSSR count). The van der Waals surface area contributed by atoms with E-state index in [1.54, 1.807) is 36.6 Å². The molecule has 1 N–H and O–H groups in total. The summed E-state index contributed by atoms with van der Waals surface area (Å²) in [5.74, 6) is -0.177. The quantitative estimate of drug-likeness (QED) is 0.568. The van der Waals surface area contributed by atoms with Crippen molar-refractivity contribution in [1.29, 1.82) is 0 Å². The lowest BCUT2D eigenvalue weighted by Crippen LogP contribution is -2.40. The molecule has 0 aliphatic carbocycles. The number of benzene rings is 2. The third kappa shape index (κ3) is 4.01. The van der Waals surface area contributed by atoms with Crippen LogP contribution in [0, 0.1) is 5.82 Å². The van der Waals surface area contributed by atoms with E-state index in [1.807, 2.05) is 0 Å². The number of rotatable bonds is 6. The largest absolute Gasteiger partial charge is 0.486 e. The van der Waals surface area contributed by atoms with Gasteiger partial charge in [-0.2, -0.15) is 0 Å². The molecule has 9 heteroatoms. The van der Waals surface area contributed by atoms with Gasteiger partial charge in [-0.25, -0.2) is 14.2 Å². The lowest BCUT2D eigenvalue weighted by Gasteiger charge is -2.22. The van der Waals surface area contributed by atoms with Gasteiger partial charge in [-0.15, -0.1) is 11.3 Å². The normalized spacial score (nSPS) is 18.6. The van der Waals surface area contributed by atoms with Gasteiger partial charge in [0.05, 0.1) is 12.2 Å². The molecular formula is C21H17ClFN3O3S. The van der Waals surface area contributed by atoms with Crippen molar-refractivity contribution in [3.05, 3.63) is 81.0 Å². The second kappa shape index (κ2) is 8.04. The molecule has 0 radical (unpaired) electrons. The lowest BCUT2D eigenvalue weighted by atomic mass is 9.92. The van der Waals surface area contributed by atoms with Crippen LogP contribution >= 0.6 is 22.9 Å². The van der Waals surface area contributed by atoms with Gasteiger partial charge in [-0.3, -0.25) is 9.69 Å². The summed E-state index contributed by atoms with van der Waals surface area (Å²) in [4.78, 5) is 31.1. The number of carbonyl (C=O) groups excluding carboxylic acids is 2. The zero-order chi connectivity index (χ0) is 21.3. The highest BCUT2D eigenvalue weighted by Crippen LogP contribution is 2.31. The van der Waals surface area contributed by atoms with Crippen molar-refractivity contribution in [2.45, 2.75) is 25.6 Å². The Bertz CT molecular complexity index is 1100. The molecule has 1 aliphatic rings. The van der Waals surface area contributed by atoms with Crippen LogP contribution in [0.2, 0.25) is 5.02 Å². The Hall–Kier alpha value is -2.97. The summed E-state index contributed by atoms with van der Waals surface area (Å²) in [5, 5.41) is 5.69. The van der Waals surface area contributed by atoms with Gasteiger partial charge in [0.2, 0.25) is 0 Å². The topological polar surface area (TPSA) is 71.5 Å². The van der Waals surface area contributed by atoms with Crippen molar-refractivity contribution in [2.24, 2.45) is 0 Å². The zero-order valence-corrected chi connectivity index (χ0v) is 17.5. The molecule has 1 aliphatic heterocycles. The van der Waals surface area contributed by atoms with Gasteiger partial charge >= 0.3 is 6.03 Å². The second-order valence-corrected chi connectivity index (χ2v) is 8.31. The Morgan fingerprint density at radius 3 is 2.73 bits per heavy atom. The van der Waals surface area contributed by atoms with Gasteiger partial charge in [0, 0.05) is 10.4 Å². The summed E-state index contributed by atoms with van der Waals surface area (Å²) in [7, 11) is 0. The summed E-state index contributed by atoms with van der Waals surface area (Å²) >= 11 is 7.40. The predicted octanol–water partition coefficient (Wildman–Crippen LogP) is 4.48. The summed E-state index contributed by atoms with van der Waals surface area (Å²) < 4.78 is 18.5. The molecule has 2 aromatic carbocycles. The highest BCUT2D eigenvalue weighted by molar-refractivity contribution is 7.09. The third-order valence-electron chi connectivity index (χ3n) is 4.77. The molecule has 1 saturated heterocycles. The molecule has 0 spiro atoms. The Kier molecular flexibility index (Phi) is 5.44. The Labute approximate surface area is 181 Å². The highest BCUT2D eigenvalue weighted by atomic mass is 35.5. The summed E-state index contributed by atoms with van der Waals surface area (Å²) in [6, 6.07) is 12.1. The van der Waals surface area contributed by atoms with Crippen LogP contribution in [0.15, 0.2) is 53.9 Å². The van der Waals surface area contributed by atoms with E-state index in [9.17, 15) is 14.0 Å². The number of hydrogen-bond donors (Lipinski definition) is 1. The first-order valence-electron chi connectivity index (χ1n) is 9.07. The van der Waals surface area contributed by atoms with E-state index < -0.39 is 11.6 Å². The molecule has 30 heavy (non-hydrogen) atoms. The molecule has 154 valence electrons. The number of halogens is 2. The minimum atomic E-state index is -1.19. The fourth-order valence-corrected chi connectivity index (χ4v) is 4.05. The zero-order valence-electron chi connectivity index (χ0n) is 15.9. The molecule has 1 unspecified atom stereocenters. The van der Waals surface area contributed by atoms with E-state index in [-0.39, 0.29) is 24.9 Å². The number of nitrogens with zero attached hydrogens (tertiary/aromatic N) is 2. The fourth-order valence-electron chi connectivity index (χ4n) is 3.16. The van der Waals surface area contributed by atoms with Crippen molar-refractivity contribution in [3.8, 4) is 5.75 Å². The third-order valence-corrected chi connectivity index (χ3v) is 5.88. The number of amides is 3. The standard InChI is InChI=1S/C21H17ClFN3O3S/c1-21(13-3-2-4-14(22)9-13)19(27)26(20(28)25-21)10-16-12-30-18(24-16)11-29-17-7-5-15(23)6-8-17/h2-9,12H,10-11H2,1H3,(H,25,28). The van der Waals surface area contributed by atoms with Crippen molar-refractivity contribution < 1.29 is 18.7 Å². The number of carbonyl (C=O) groups is 2. The Balaban J connectivity index is 1.44. The van der Waals surface area contributed by atoms with Gasteiger partial charge in [0.1, 0.15) is 28.7 Å². The van der Waals surface area contributed by atoms with E-state index in [0.29, 0.717) is 27.0 Å². The summed E-state index contributed by atoms with van der Waals surface area (Å²) in [6.45, 7) is 1.91. The maximum atomic E-state index is 13.0. The smallest absolute Gasteiger partial charge is 0.325 e. The van der Waals surface area contributed by atoms with Crippen LogP contribution in [-0.2, 0) is 23.5 Å². The molecule has 3 amide bonds. The van der Waals surface area contributed by atoms with Crippen LogP contribution in [0.5, 0.6) is 5.75 Å². The predicted molar refractivity (Wildman–Crippen MR) is 111 cm³/mol. The maximum Gasteiger partial charge on any atom is 0.325 e. The molecule has 1 aromatic heterocycles.